The molecule has 6 heteroatoms. The first-order valence-corrected chi connectivity index (χ1v) is 15.3. The molecule has 1 unspecified atom stereocenters. The number of hydrogen-bond acceptors (Lipinski definition) is 2. The smallest absolute Gasteiger partial charge is 0.173 e. The van der Waals surface area contributed by atoms with Crippen LogP contribution in [0.25, 0.3) is 21.8 Å². The first-order valence-electron chi connectivity index (χ1n) is 12.5. The molecule has 1 atom stereocenters. The van der Waals surface area contributed by atoms with Gasteiger partial charge in [0.1, 0.15) is 5.75 Å². The lowest BCUT2D eigenvalue weighted by Gasteiger charge is -2.37. The molecule has 5 aromatic rings. The van der Waals surface area contributed by atoms with Gasteiger partial charge in [0.15, 0.2) is 7.28 Å². The molecule has 0 aliphatic heterocycles. The van der Waals surface area contributed by atoms with Gasteiger partial charge in [-0.25, -0.2) is 4.74 Å². The van der Waals surface area contributed by atoms with Crippen molar-refractivity contribution in [3.8, 4) is 5.75 Å². The summed E-state index contributed by atoms with van der Waals surface area (Å²) in [4.78, 5) is 0. The third kappa shape index (κ3) is 4.76. The van der Waals surface area contributed by atoms with E-state index in [1.807, 2.05) is 49.4 Å². The Balaban J connectivity index is 1.84. The zero-order valence-electron chi connectivity index (χ0n) is 21.8. The fourth-order valence-corrected chi connectivity index (χ4v) is 8.34. The summed E-state index contributed by atoms with van der Waals surface area (Å²) in [6.45, 7) is 11.8. The van der Waals surface area contributed by atoms with Crippen LogP contribution in [0.4, 0.5) is 5.69 Å². The fourth-order valence-electron chi connectivity index (χ4n) is 4.83. The van der Waals surface area contributed by atoms with Crippen LogP contribution in [0.15, 0.2) is 94.1 Å². The van der Waals surface area contributed by atoms with Gasteiger partial charge >= 0.3 is 0 Å². The number of benzene rings is 4. The quantitative estimate of drug-likeness (QED) is 0.186. The lowest BCUT2D eigenvalue weighted by Crippen LogP contribution is -2.27. The highest BCUT2D eigenvalue weighted by molar-refractivity contribution is 9.10. The first kappa shape index (κ1) is 26.1. The predicted molar refractivity (Wildman–Crippen MR) is 164 cm³/mol. The van der Waals surface area contributed by atoms with Gasteiger partial charge in [0.05, 0.1) is 5.69 Å². The summed E-state index contributed by atoms with van der Waals surface area (Å²) in [5.41, 5.74) is 4.32. The van der Waals surface area contributed by atoms with Gasteiger partial charge in [-0.3, -0.25) is 0 Å². The average Bonchev–Trinajstić information content (AvgIpc) is 3.19. The third-order valence-electron chi connectivity index (χ3n) is 6.79. The van der Waals surface area contributed by atoms with Crippen LogP contribution in [0, 0.1) is 6.92 Å². The van der Waals surface area contributed by atoms with E-state index in [-0.39, 0.29) is 5.16 Å². The Morgan fingerprint density at radius 1 is 0.892 bits per heavy atom. The largest absolute Gasteiger partial charge is 0.455 e. The molecule has 0 aliphatic rings. The molecule has 3 nitrogen and oxygen atoms in total. The Labute approximate surface area is 232 Å². The molecule has 0 bridgehead atoms. The maximum Gasteiger partial charge on any atom is 0.173 e. The molecule has 0 radical (unpaired) electrons. The van der Waals surface area contributed by atoms with Crippen LogP contribution in [-0.2, 0) is 6.54 Å². The highest BCUT2D eigenvalue weighted by Crippen LogP contribution is 2.62. The zero-order valence-corrected chi connectivity index (χ0v) is 25.0. The van der Waals surface area contributed by atoms with E-state index in [1.165, 1.54) is 21.8 Å². The molecular formula is C31H31BrClN2OP. The Kier molecular flexibility index (Phi) is 7.04. The fraction of sp³-hybridized carbons (Fsp3) is 0.226. The van der Waals surface area contributed by atoms with E-state index < -0.39 is 7.28 Å². The van der Waals surface area contributed by atoms with Crippen LogP contribution < -0.4 is 9.83 Å². The van der Waals surface area contributed by atoms with Crippen molar-refractivity contribution in [3.05, 3.63) is 100.0 Å². The van der Waals surface area contributed by atoms with Gasteiger partial charge in [0.25, 0.3) is 0 Å². The van der Waals surface area contributed by atoms with Crippen molar-refractivity contribution in [1.29, 1.82) is 0 Å². The number of nitrogens with zero attached hydrogens (tertiary/aromatic N) is 2. The van der Waals surface area contributed by atoms with Crippen LogP contribution in [0.5, 0.6) is 5.75 Å². The van der Waals surface area contributed by atoms with Crippen molar-refractivity contribution in [3.63, 3.8) is 0 Å². The Morgan fingerprint density at radius 2 is 1.59 bits per heavy atom. The van der Waals surface area contributed by atoms with E-state index in [0.717, 1.165) is 33.3 Å². The van der Waals surface area contributed by atoms with Crippen molar-refractivity contribution in [1.82, 2.24) is 4.57 Å². The van der Waals surface area contributed by atoms with Gasteiger partial charge in [0.2, 0.25) is 0 Å². The molecule has 0 N–H and O–H groups in total. The number of para-hydroxylation sites is 1. The molecule has 1 heterocycles. The van der Waals surface area contributed by atoms with Crippen molar-refractivity contribution in [2.24, 2.45) is 4.74 Å². The van der Waals surface area contributed by atoms with Crippen molar-refractivity contribution in [2.45, 2.75) is 46.3 Å². The highest BCUT2D eigenvalue weighted by Gasteiger charge is 2.39. The topological polar surface area (TPSA) is 26.5 Å². The summed E-state index contributed by atoms with van der Waals surface area (Å²) in [5.74, 6) is 0.796. The number of halogens is 2. The maximum absolute atomic E-state index is 7.05. The third-order valence-corrected chi connectivity index (χ3v) is 11.5. The SMILES string of the molecule is CCn1c2ccccc2c2cc(P(=Nc3ccc(C)c(Cl)c3)(Oc3ccc(Br)cc3)C(C)(C)C)ccc21. The van der Waals surface area contributed by atoms with Crippen LogP contribution in [0.3, 0.4) is 0 Å². The minimum atomic E-state index is -2.67. The molecule has 0 saturated carbocycles. The lowest BCUT2D eigenvalue weighted by atomic mass is 10.1. The van der Waals surface area contributed by atoms with Crippen LogP contribution in [0.2, 0.25) is 5.02 Å². The van der Waals surface area contributed by atoms with Crippen LogP contribution in [-0.4, -0.2) is 9.72 Å². The van der Waals surface area contributed by atoms with Crippen molar-refractivity contribution < 1.29 is 4.52 Å². The maximum atomic E-state index is 7.05. The number of hydrogen-bond donors (Lipinski definition) is 0. The molecule has 0 amide bonds. The van der Waals surface area contributed by atoms with Gasteiger partial charge in [-0.1, -0.05) is 72.6 Å². The van der Waals surface area contributed by atoms with E-state index in [2.05, 4.69) is 90.7 Å². The van der Waals surface area contributed by atoms with E-state index in [4.69, 9.17) is 20.9 Å². The highest BCUT2D eigenvalue weighted by atomic mass is 79.9. The van der Waals surface area contributed by atoms with E-state index in [9.17, 15) is 0 Å². The normalized spacial score (nSPS) is 13.6. The Hall–Kier alpha value is -2.52. The van der Waals surface area contributed by atoms with E-state index >= 15 is 0 Å². The van der Waals surface area contributed by atoms with Crippen molar-refractivity contribution in [2.75, 3.05) is 0 Å². The molecular weight excluding hydrogens is 563 g/mol. The summed E-state index contributed by atoms with van der Waals surface area (Å²) in [6, 6.07) is 29.4. The standard InChI is InChI=1S/C31H31BrClN2OP/c1-6-35-29-10-8-7-9-26(29)27-20-25(17-18-30(27)35)37(31(3,4)5,36-24-15-12-22(32)13-16-24)34-23-14-11-21(2)28(33)19-23/h7-20H,6H2,1-5H3. The molecule has 5 rings (SSSR count). The summed E-state index contributed by atoms with van der Waals surface area (Å²) < 4.78 is 15.9. The van der Waals surface area contributed by atoms with E-state index in [1.54, 1.807) is 0 Å². The molecule has 0 aliphatic carbocycles. The second-order valence-corrected chi connectivity index (χ2v) is 15.0. The summed E-state index contributed by atoms with van der Waals surface area (Å²) >= 11 is 10.1. The Bertz CT molecular complexity index is 1670. The number of rotatable bonds is 5. The Morgan fingerprint density at radius 3 is 2.27 bits per heavy atom. The van der Waals surface area contributed by atoms with Gasteiger partial charge in [-0.15, -0.1) is 0 Å². The van der Waals surface area contributed by atoms with Gasteiger partial charge in [-0.2, -0.15) is 0 Å². The predicted octanol–water partition coefficient (Wildman–Crippen LogP) is 10.5. The van der Waals surface area contributed by atoms with Gasteiger partial charge in [-0.05, 0) is 80.1 Å². The average molecular weight is 594 g/mol. The number of aryl methyl sites for hydroxylation is 2. The molecule has 4 aromatic carbocycles. The molecule has 1 aromatic heterocycles. The van der Waals surface area contributed by atoms with E-state index in [0.29, 0.717) is 5.02 Å². The number of fused-ring (bicyclic) bond motifs is 3. The van der Waals surface area contributed by atoms with Crippen LogP contribution >= 0.6 is 34.8 Å². The monoisotopic (exact) mass is 592 g/mol. The molecule has 0 saturated heterocycles. The summed E-state index contributed by atoms with van der Waals surface area (Å²) in [5, 5.41) is 3.98. The molecule has 37 heavy (non-hydrogen) atoms. The second-order valence-electron chi connectivity index (χ2n) is 10.3. The molecule has 190 valence electrons. The zero-order chi connectivity index (χ0) is 26.4. The van der Waals surface area contributed by atoms with Crippen LogP contribution in [0.1, 0.15) is 33.3 Å². The molecule has 0 spiro atoms. The minimum absolute atomic E-state index is 0.297. The first-order chi connectivity index (χ1) is 17.6. The minimum Gasteiger partial charge on any atom is -0.455 e. The molecule has 0 fully saturated rings. The number of aromatic nitrogens is 1. The second kappa shape index (κ2) is 9.98. The van der Waals surface area contributed by atoms with Gasteiger partial charge in [0, 0.05) is 48.3 Å². The van der Waals surface area contributed by atoms with Crippen molar-refractivity contribution >= 4 is 67.6 Å². The lowest BCUT2D eigenvalue weighted by molar-refractivity contribution is 0.571. The van der Waals surface area contributed by atoms with Gasteiger partial charge < -0.3 is 9.09 Å². The summed E-state index contributed by atoms with van der Waals surface area (Å²) in [6.07, 6.45) is 0. The summed E-state index contributed by atoms with van der Waals surface area (Å²) in [7, 11) is -2.67.